The Labute approximate surface area is 175 Å². The van der Waals surface area contributed by atoms with Crippen molar-refractivity contribution in [3.8, 4) is 17.2 Å². The number of amides is 1. The summed E-state index contributed by atoms with van der Waals surface area (Å²) < 4.78 is 16.9. The van der Waals surface area contributed by atoms with Gasteiger partial charge in [-0.25, -0.2) is 0 Å². The molecule has 8 nitrogen and oxygen atoms in total. The minimum Gasteiger partial charge on any atom is -0.490 e. The first kappa shape index (κ1) is 21.4. The van der Waals surface area contributed by atoms with Crippen LogP contribution in [0.4, 0.5) is 5.69 Å². The molecule has 0 bridgehead atoms. The molecule has 1 aliphatic heterocycles. The minimum absolute atomic E-state index is 0.0758. The first-order valence-corrected chi connectivity index (χ1v) is 9.92. The fourth-order valence-electron chi connectivity index (χ4n) is 3.25. The first-order chi connectivity index (χ1) is 14.3. The highest BCUT2D eigenvalue weighted by atomic mass is 16.6. The van der Waals surface area contributed by atoms with Gasteiger partial charge in [0.1, 0.15) is 0 Å². The van der Waals surface area contributed by atoms with Crippen LogP contribution in [-0.2, 0) is 4.79 Å². The Morgan fingerprint density at radius 1 is 1.17 bits per heavy atom. The van der Waals surface area contributed by atoms with Gasteiger partial charge in [0.05, 0.1) is 24.2 Å². The van der Waals surface area contributed by atoms with Crippen LogP contribution in [0.5, 0.6) is 17.2 Å². The highest BCUT2D eigenvalue weighted by Gasteiger charge is 2.22. The molecule has 1 N–H and O–H groups in total. The summed E-state index contributed by atoms with van der Waals surface area (Å²) in [5, 5.41) is 14.1. The van der Waals surface area contributed by atoms with Gasteiger partial charge in [0.25, 0.3) is 5.91 Å². The molecule has 0 aromatic heterocycles. The molecule has 1 amide bonds. The van der Waals surface area contributed by atoms with Crippen LogP contribution in [-0.4, -0.2) is 30.7 Å². The zero-order valence-corrected chi connectivity index (χ0v) is 17.3. The lowest BCUT2D eigenvalue weighted by Gasteiger charge is -2.24. The van der Waals surface area contributed by atoms with Gasteiger partial charge in [-0.05, 0) is 42.2 Å². The molecule has 0 aliphatic carbocycles. The van der Waals surface area contributed by atoms with E-state index in [4.69, 9.17) is 14.2 Å². The Morgan fingerprint density at radius 3 is 2.60 bits per heavy atom. The van der Waals surface area contributed by atoms with Crippen LogP contribution in [0.2, 0.25) is 0 Å². The number of rotatable bonds is 7. The molecule has 8 heteroatoms. The van der Waals surface area contributed by atoms with Crippen molar-refractivity contribution in [3.05, 3.63) is 57.6 Å². The number of carbonyl (C=O) groups is 1. The number of nitrogens with one attached hydrogen (secondary N) is 1. The van der Waals surface area contributed by atoms with Gasteiger partial charge in [-0.1, -0.05) is 26.0 Å². The lowest BCUT2D eigenvalue weighted by atomic mass is 9.95. The molecular formula is C22H26N2O6. The number of nitrogens with zero attached hydrogens (tertiary/aromatic N) is 1. The highest BCUT2D eigenvalue weighted by Crippen LogP contribution is 2.34. The van der Waals surface area contributed by atoms with Crippen LogP contribution in [0.25, 0.3) is 0 Å². The number of carbonyl (C=O) groups excluding carboxylic acids is 1. The second kappa shape index (κ2) is 9.47. The maximum absolute atomic E-state index is 12.6. The molecule has 30 heavy (non-hydrogen) atoms. The minimum atomic E-state index is -0.526. The summed E-state index contributed by atoms with van der Waals surface area (Å²) in [5.41, 5.74) is 1.53. The Kier molecular flexibility index (Phi) is 6.76. The summed E-state index contributed by atoms with van der Waals surface area (Å²) in [6.07, 6.45) is 0.816. The SMILES string of the molecule is Cc1ccc([N+](=O)[O-])c(OCC(=O)NC(c2ccc3c(c2)OCCCO3)C(C)C)c1. The zero-order chi connectivity index (χ0) is 21.7. The third-order valence-electron chi connectivity index (χ3n) is 4.78. The number of hydrogen-bond donors (Lipinski definition) is 1. The second-order valence-electron chi connectivity index (χ2n) is 7.56. The maximum Gasteiger partial charge on any atom is 0.310 e. The number of nitro benzene ring substituents is 1. The van der Waals surface area contributed by atoms with E-state index in [2.05, 4.69) is 5.32 Å². The van der Waals surface area contributed by atoms with E-state index in [1.54, 1.807) is 19.1 Å². The van der Waals surface area contributed by atoms with E-state index in [1.807, 2.05) is 32.0 Å². The van der Waals surface area contributed by atoms with Crippen molar-refractivity contribution in [3.63, 3.8) is 0 Å². The molecule has 0 saturated carbocycles. The quantitative estimate of drug-likeness (QED) is 0.544. The largest absolute Gasteiger partial charge is 0.490 e. The van der Waals surface area contributed by atoms with Crippen LogP contribution in [0.1, 0.15) is 37.4 Å². The molecule has 0 spiro atoms. The fourth-order valence-corrected chi connectivity index (χ4v) is 3.25. The lowest BCUT2D eigenvalue weighted by molar-refractivity contribution is -0.385. The topological polar surface area (TPSA) is 99.9 Å². The molecule has 160 valence electrons. The van der Waals surface area contributed by atoms with Crippen LogP contribution in [0, 0.1) is 23.0 Å². The molecular weight excluding hydrogens is 388 g/mol. The van der Waals surface area contributed by atoms with Crippen molar-refractivity contribution < 1.29 is 23.9 Å². The van der Waals surface area contributed by atoms with Gasteiger partial charge < -0.3 is 19.5 Å². The van der Waals surface area contributed by atoms with Gasteiger partial charge in [0.2, 0.25) is 0 Å². The summed E-state index contributed by atoms with van der Waals surface area (Å²) in [4.78, 5) is 23.2. The number of ether oxygens (including phenoxy) is 3. The van der Waals surface area contributed by atoms with E-state index in [0.717, 1.165) is 17.5 Å². The number of aryl methyl sites for hydroxylation is 1. The Hall–Kier alpha value is -3.29. The molecule has 2 aromatic carbocycles. The number of benzene rings is 2. The van der Waals surface area contributed by atoms with Gasteiger partial charge in [0.15, 0.2) is 23.9 Å². The number of fused-ring (bicyclic) bond motifs is 1. The predicted octanol–water partition coefficient (Wildman–Crippen LogP) is 3.96. The Bertz CT molecular complexity index is 928. The second-order valence-corrected chi connectivity index (χ2v) is 7.56. The van der Waals surface area contributed by atoms with Crippen LogP contribution >= 0.6 is 0 Å². The molecule has 2 aromatic rings. The van der Waals surface area contributed by atoms with Crippen molar-refractivity contribution in [1.82, 2.24) is 5.32 Å². The molecule has 0 radical (unpaired) electrons. The average Bonchev–Trinajstić information content (AvgIpc) is 2.94. The summed E-state index contributed by atoms with van der Waals surface area (Å²) >= 11 is 0. The molecule has 1 atom stereocenters. The maximum atomic E-state index is 12.6. The molecule has 0 saturated heterocycles. The summed E-state index contributed by atoms with van der Waals surface area (Å²) in [6, 6.07) is 9.93. The molecule has 0 fully saturated rings. The van der Waals surface area contributed by atoms with Gasteiger partial charge >= 0.3 is 5.69 Å². The van der Waals surface area contributed by atoms with Crippen molar-refractivity contribution >= 4 is 11.6 Å². The number of nitro groups is 1. The van der Waals surface area contributed by atoms with Crippen LogP contribution in [0.3, 0.4) is 0 Å². The van der Waals surface area contributed by atoms with Crippen molar-refractivity contribution in [2.45, 2.75) is 33.2 Å². The lowest BCUT2D eigenvalue weighted by Crippen LogP contribution is -2.35. The fraction of sp³-hybridized carbons (Fsp3) is 0.409. The van der Waals surface area contributed by atoms with E-state index < -0.39 is 4.92 Å². The summed E-state index contributed by atoms with van der Waals surface area (Å²) in [6.45, 7) is 6.67. The first-order valence-electron chi connectivity index (χ1n) is 9.92. The Balaban J connectivity index is 1.70. The van der Waals surface area contributed by atoms with E-state index in [0.29, 0.717) is 24.7 Å². The van der Waals surface area contributed by atoms with Crippen LogP contribution < -0.4 is 19.5 Å². The molecule has 1 aliphatic rings. The van der Waals surface area contributed by atoms with Gasteiger partial charge in [-0.15, -0.1) is 0 Å². The molecule has 3 rings (SSSR count). The summed E-state index contributed by atoms with van der Waals surface area (Å²) in [5.74, 6) is 1.17. The average molecular weight is 414 g/mol. The molecule has 1 heterocycles. The van der Waals surface area contributed by atoms with Crippen molar-refractivity contribution in [2.75, 3.05) is 19.8 Å². The van der Waals surface area contributed by atoms with E-state index in [1.165, 1.54) is 6.07 Å². The van der Waals surface area contributed by atoms with Crippen molar-refractivity contribution in [2.24, 2.45) is 5.92 Å². The third kappa shape index (κ3) is 5.20. The smallest absolute Gasteiger partial charge is 0.310 e. The predicted molar refractivity (Wildman–Crippen MR) is 111 cm³/mol. The van der Waals surface area contributed by atoms with Crippen molar-refractivity contribution in [1.29, 1.82) is 0 Å². The van der Waals surface area contributed by atoms with Gasteiger partial charge in [-0.2, -0.15) is 0 Å². The van der Waals surface area contributed by atoms with E-state index >= 15 is 0 Å². The van der Waals surface area contributed by atoms with E-state index in [9.17, 15) is 14.9 Å². The third-order valence-corrected chi connectivity index (χ3v) is 4.78. The van der Waals surface area contributed by atoms with E-state index in [-0.39, 0.29) is 35.9 Å². The highest BCUT2D eigenvalue weighted by molar-refractivity contribution is 5.78. The van der Waals surface area contributed by atoms with Gasteiger partial charge in [0, 0.05) is 12.5 Å². The summed E-state index contributed by atoms with van der Waals surface area (Å²) in [7, 11) is 0. The zero-order valence-electron chi connectivity index (χ0n) is 17.3. The monoisotopic (exact) mass is 414 g/mol. The number of hydrogen-bond acceptors (Lipinski definition) is 6. The standard InChI is InChI=1S/C22H26N2O6/c1-14(2)22(16-6-8-18-20(12-16)29-10-4-9-28-18)23-21(25)13-30-19-11-15(3)5-7-17(19)24(26)27/h5-8,11-12,14,22H,4,9-10,13H2,1-3H3,(H,23,25). The molecule has 1 unspecified atom stereocenters. The van der Waals surface area contributed by atoms with Gasteiger partial charge in [-0.3, -0.25) is 14.9 Å². The Morgan fingerprint density at radius 2 is 1.90 bits per heavy atom. The van der Waals surface area contributed by atoms with Crippen LogP contribution in [0.15, 0.2) is 36.4 Å². The normalized spacial score (nSPS) is 14.0.